The molecule has 3 rings (SSSR count). The van der Waals surface area contributed by atoms with Gasteiger partial charge < -0.3 is 10.2 Å². The average molecular weight is 349 g/mol. The first kappa shape index (κ1) is 18.7. The van der Waals surface area contributed by atoms with Crippen LogP contribution < -0.4 is 5.32 Å². The van der Waals surface area contributed by atoms with Crippen LogP contribution in [0.25, 0.3) is 0 Å². The predicted octanol–water partition coefficient (Wildman–Crippen LogP) is 4.32. The van der Waals surface area contributed by atoms with Crippen LogP contribution in [0.15, 0.2) is 0 Å². The van der Waals surface area contributed by atoms with Gasteiger partial charge >= 0.3 is 0 Å². The van der Waals surface area contributed by atoms with Gasteiger partial charge in [0, 0.05) is 12.1 Å². The molecule has 1 N–H and O–H groups in total. The summed E-state index contributed by atoms with van der Waals surface area (Å²) in [5.74, 6) is 0.150. The summed E-state index contributed by atoms with van der Waals surface area (Å²) < 4.78 is 0. The van der Waals surface area contributed by atoms with E-state index in [2.05, 4.69) is 5.32 Å². The van der Waals surface area contributed by atoms with Crippen molar-refractivity contribution in [2.24, 2.45) is 0 Å². The normalized spacial score (nSPS) is 25.8. The van der Waals surface area contributed by atoms with Crippen LogP contribution in [0.5, 0.6) is 0 Å². The number of rotatable bonds is 5. The largest absolute Gasteiger partial charge is 0.351 e. The summed E-state index contributed by atoms with van der Waals surface area (Å²) in [6.07, 6.45) is 19.0. The Morgan fingerprint density at radius 2 is 1.32 bits per heavy atom. The van der Waals surface area contributed by atoms with Gasteiger partial charge in [-0.15, -0.1) is 0 Å². The van der Waals surface area contributed by atoms with E-state index in [1.165, 1.54) is 51.4 Å². The van der Waals surface area contributed by atoms with Gasteiger partial charge in [-0.25, -0.2) is 0 Å². The van der Waals surface area contributed by atoms with E-state index in [9.17, 15) is 9.59 Å². The molecule has 3 aliphatic rings. The maximum absolute atomic E-state index is 13.4. The molecular weight excluding hydrogens is 312 g/mol. The number of hydrogen-bond acceptors (Lipinski definition) is 2. The van der Waals surface area contributed by atoms with Crippen molar-refractivity contribution in [3.8, 4) is 0 Å². The molecule has 4 nitrogen and oxygen atoms in total. The highest BCUT2D eigenvalue weighted by atomic mass is 16.2. The zero-order valence-corrected chi connectivity index (χ0v) is 15.8. The minimum absolute atomic E-state index is 0.150. The summed E-state index contributed by atoms with van der Waals surface area (Å²) in [4.78, 5) is 27.5. The van der Waals surface area contributed by atoms with Gasteiger partial charge in [-0.3, -0.25) is 9.59 Å². The van der Waals surface area contributed by atoms with E-state index in [4.69, 9.17) is 0 Å². The third-order valence-electron chi connectivity index (χ3n) is 6.87. The number of amides is 2. The zero-order chi connectivity index (χ0) is 17.5. The minimum Gasteiger partial charge on any atom is -0.351 e. The highest BCUT2D eigenvalue weighted by molar-refractivity contribution is 5.88. The Hall–Kier alpha value is -1.06. The Balaban J connectivity index is 1.75. The highest BCUT2D eigenvalue weighted by Crippen LogP contribution is 2.38. The fraction of sp³-hybridized carbons (Fsp3) is 0.905. The molecule has 0 bridgehead atoms. The molecule has 0 radical (unpaired) electrons. The first-order valence-electron chi connectivity index (χ1n) is 10.8. The molecule has 4 heteroatoms. The molecule has 142 valence electrons. The SMILES string of the molecule is O=CN(C1CCCCC1)C1(C(=O)NC2CCCCCC2)CCCCC1. The maximum Gasteiger partial charge on any atom is 0.246 e. The Morgan fingerprint density at radius 1 is 0.800 bits per heavy atom. The van der Waals surface area contributed by atoms with Crippen molar-refractivity contribution in [3.05, 3.63) is 0 Å². The quantitative estimate of drug-likeness (QED) is 0.594. The van der Waals surface area contributed by atoms with Crippen LogP contribution in [0.1, 0.15) is 103 Å². The second-order valence-electron chi connectivity index (χ2n) is 8.56. The number of nitrogens with one attached hydrogen (secondary N) is 1. The van der Waals surface area contributed by atoms with Gasteiger partial charge in [0.05, 0.1) is 0 Å². The lowest BCUT2D eigenvalue weighted by molar-refractivity contribution is -0.148. The smallest absolute Gasteiger partial charge is 0.246 e. The highest BCUT2D eigenvalue weighted by Gasteiger charge is 2.47. The fourth-order valence-corrected chi connectivity index (χ4v) is 5.38. The molecule has 0 atom stereocenters. The van der Waals surface area contributed by atoms with Crippen molar-refractivity contribution in [1.29, 1.82) is 0 Å². The summed E-state index contributed by atoms with van der Waals surface area (Å²) in [6.45, 7) is 0. The number of carbonyl (C=O) groups is 2. The summed E-state index contributed by atoms with van der Waals surface area (Å²) in [6, 6.07) is 0.581. The van der Waals surface area contributed by atoms with Crippen LogP contribution in [0.3, 0.4) is 0 Å². The molecule has 0 heterocycles. The Kier molecular flexibility index (Phi) is 6.77. The van der Waals surface area contributed by atoms with E-state index >= 15 is 0 Å². The Morgan fingerprint density at radius 3 is 1.92 bits per heavy atom. The van der Waals surface area contributed by atoms with Crippen molar-refractivity contribution >= 4 is 12.3 Å². The van der Waals surface area contributed by atoms with Crippen molar-refractivity contribution in [2.75, 3.05) is 0 Å². The van der Waals surface area contributed by atoms with Crippen LogP contribution in [0.4, 0.5) is 0 Å². The van der Waals surface area contributed by atoms with Crippen molar-refractivity contribution in [3.63, 3.8) is 0 Å². The lowest BCUT2D eigenvalue weighted by Gasteiger charge is -2.48. The van der Waals surface area contributed by atoms with E-state index in [-0.39, 0.29) is 11.9 Å². The second kappa shape index (κ2) is 9.05. The molecule has 0 spiro atoms. The van der Waals surface area contributed by atoms with Crippen molar-refractivity contribution in [2.45, 2.75) is 120 Å². The van der Waals surface area contributed by atoms with Gasteiger partial charge in [-0.1, -0.05) is 64.2 Å². The predicted molar refractivity (Wildman–Crippen MR) is 100 cm³/mol. The van der Waals surface area contributed by atoms with Crippen molar-refractivity contribution < 1.29 is 9.59 Å². The number of hydrogen-bond donors (Lipinski definition) is 1. The Bertz CT molecular complexity index is 431. The maximum atomic E-state index is 13.4. The monoisotopic (exact) mass is 348 g/mol. The third kappa shape index (κ3) is 4.38. The van der Waals surface area contributed by atoms with E-state index in [1.54, 1.807) is 0 Å². The van der Waals surface area contributed by atoms with E-state index in [1.807, 2.05) is 4.90 Å². The summed E-state index contributed by atoms with van der Waals surface area (Å²) in [5, 5.41) is 3.38. The van der Waals surface area contributed by atoms with Gasteiger partial charge in [-0.05, 0) is 38.5 Å². The summed E-state index contributed by atoms with van der Waals surface area (Å²) in [5.41, 5.74) is -0.575. The molecule has 2 amide bonds. The lowest BCUT2D eigenvalue weighted by Crippen LogP contribution is -2.63. The molecule has 0 aromatic rings. The molecular formula is C21H36N2O2. The van der Waals surface area contributed by atoms with Crippen LogP contribution in [-0.2, 0) is 9.59 Å². The van der Waals surface area contributed by atoms with E-state index < -0.39 is 5.54 Å². The molecule has 0 unspecified atom stereocenters. The molecule has 3 aliphatic carbocycles. The van der Waals surface area contributed by atoms with Gasteiger partial charge in [0.25, 0.3) is 0 Å². The van der Waals surface area contributed by atoms with Crippen LogP contribution in [-0.4, -0.2) is 34.8 Å². The first-order valence-corrected chi connectivity index (χ1v) is 10.8. The van der Waals surface area contributed by atoms with Crippen molar-refractivity contribution in [1.82, 2.24) is 10.2 Å². The standard InChI is InChI=1S/C21H36N2O2/c24-17-23(19-13-7-3-8-14-19)21(15-9-4-10-16-21)20(25)22-18-11-5-1-2-6-12-18/h17-19H,1-16H2,(H,22,25). The molecule has 0 aromatic heterocycles. The summed E-state index contributed by atoms with van der Waals surface area (Å²) in [7, 11) is 0. The average Bonchev–Trinajstić information content (AvgIpc) is 2.92. The molecule has 25 heavy (non-hydrogen) atoms. The molecule has 3 fully saturated rings. The van der Waals surface area contributed by atoms with E-state index in [0.29, 0.717) is 6.04 Å². The molecule has 0 aliphatic heterocycles. The molecule has 0 aromatic carbocycles. The van der Waals surface area contributed by atoms with Gasteiger partial charge in [0.2, 0.25) is 12.3 Å². The zero-order valence-electron chi connectivity index (χ0n) is 15.8. The summed E-state index contributed by atoms with van der Waals surface area (Å²) >= 11 is 0. The van der Waals surface area contributed by atoms with E-state index in [0.717, 1.165) is 57.8 Å². The topological polar surface area (TPSA) is 49.4 Å². The fourth-order valence-electron chi connectivity index (χ4n) is 5.38. The van der Waals surface area contributed by atoms with Crippen LogP contribution in [0, 0.1) is 0 Å². The van der Waals surface area contributed by atoms with Gasteiger partial charge in [0.1, 0.15) is 5.54 Å². The number of nitrogens with zero attached hydrogens (tertiary/aromatic N) is 1. The second-order valence-corrected chi connectivity index (χ2v) is 8.56. The Labute approximate surface area is 153 Å². The first-order chi connectivity index (χ1) is 12.3. The van der Waals surface area contributed by atoms with Crippen LogP contribution >= 0.6 is 0 Å². The lowest BCUT2D eigenvalue weighted by atomic mass is 9.77. The number of carbonyl (C=O) groups excluding carboxylic acids is 2. The molecule has 0 saturated heterocycles. The third-order valence-corrected chi connectivity index (χ3v) is 6.87. The van der Waals surface area contributed by atoms with Gasteiger partial charge in [-0.2, -0.15) is 0 Å². The van der Waals surface area contributed by atoms with Crippen LogP contribution in [0.2, 0.25) is 0 Å². The minimum atomic E-state index is -0.575. The molecule has 3 saturated carbocycles. The van der Waals surface area contributed by atoms with Gasteiger partial charge in [0.15, 0.2) is 0 Å².